The lowest BCUT2D eigenvalue weighted by molar-refractivity contribution is -0.176. The van der Waals surface area contributed by atoms with Crippen LogP contribution in [0.4, 0.5) is 0 Å². The van der Waals surface area contributed by atoms with E-state index in [2.05, 4.69) is 0 Å². The molecule has 1 heterocycles. The van der Waals surface area contributed by atoms with Gasteiger partial charge in [-0.05, 0) is 41.5 Å². The minimum atomic E-state index is -1.27. The van der Waals surface area contributed by atoms with Gasteiger partial charge in [-0.3, -0.25) is 9.59 Å². The van der Waals surface area contributed by atoms with E-state index in [1.807, 2.05) is 27.7 Å². The number of esters is 2. The van der Waals surface area contributed by atoms with E-state index in [-0.39, 0.29) is 0 Å². The average Bonchev–Trinajstić information content (AvgIpc) is 2.22. The van der Waals surface area contributed by atoms with Crippen LogP contribution < -0.4 is 0 Å². The molecule has 1 fully saturated rings. The maximum absolute atomic E-state index is 12.4. The van der Waals surface area contributed by atoms with E-state index >= 15 is 0 Å². The minimum Gasteiger partial charge on any atom is -0.459 e. The van der Waals surface area contributed by atoms with Gasteiger partial charge in [-0.1, -0.05) is 13.8 Å². The summed E-state index contributed by atoms with van der Waals surface area (Å²) in [4.78, 5) is 24.5. The quantitative estimate of drug-likeness (QED) is 0.534. The zero-order valence-electron chi connectivity index (χ0n) is 12.6. The monoisotopic (exact) mass is 256 g/mol. The fourth-order valence-corrected chi connectivity index (χ4v) is 2.04. The van der Waals surface area contributed by atoms with Crippen molar-refractivity contribution in [2.24, 2.45) is 10.8 Å². The third-order valence-corrected chi connectivity index (χ3v) is 4.32. The SMILES string of the molecule is CC(C)(C)OC(=O)C1(C)C(=O)OC(C)(C)C1(C)C. The van der Waals surface area contributed by atoms with Gasteiger partial charge in [-0.2, -0.15) is 0 Å². The molecule has 4 nitrogen and oxygen atoms in total. The number of carbonyl (C=O) groups excluding carboxylic acids is 2. The van der Waals surface area contributed by atoms with E-state index in [4.69, 9.17) is 9.47 Å². The second-order valence-electron chi connectivity index (χ2n) is 7.15. The highest BCUT2D eigenvalue weighted by Gasteiger charge is 2.69. The summed E-state index contributed by atoms with van der Waals surface area (Å²) in [5.74, 6) is -1.03. The summed E-state index contributed by atoms with van der Waals surface area (Å²) in [5, 5.41) is 0. The Morgan fingerprint density at radius 3 is 1.83 bits per heavy atom. The molecule has 1 saturated heterocycles. The molecule has 0 bridgehead atoms. The number of hydrogen-bond acceptors (Lipinski definition) is 4. The van der Waals surface area contributed by atoms with Crippen molar-refractivity contribution in [2.75, 3.05) is 0 Å². The molecule has 1 rings (SSSR count). The zero-order valence-corrected chi connectivity index (χ0v) is 12.6. The average molecular weight is 256 g/mol. The molecule has 0 aliphatic carbocycles. The molecular formula is C14H24O4. The number of cyclic esters (lactones) is 1. The lowest BCUT2D eigenvalue weighted by Gasteiger charge is -2.39. The summed E-state index contributed by atoms with van der Waals surface area (Å²) in [7, 11) is 0. The molecule has 1 atom stereocenters. The molecule has 1 aliphatic rings. The van der Waals surface area contributed by atoms with Crippen molar-refractivity contribution >= 4 is 11.9 Å². The predicted octanol–water partition coefficient (Wildman–Crippen LogP) is 2.70. The van der Waals surface area contributed by atoms with E-state index in [1.54, 1.807) is 27.7 Å². The van der Waals surface area contributed by atoms with Crippen molar-refractivity contribution in [3.63, 3.8) is 0 Å². The topological polar surface area (TPSA) is 52.6 Å². The number of carbonyl (C=O) groups is 2. The Morgan fingerprint density at radius 1 is 1.11 bits per heavy atom. The standard InChI is InChI=1S/C14H24O4/c1-11(2,3)17-9(15)14(8)10(16)18-13(6,7)12(14,4)5/h1-8H3. The van der Waals surface area contributed by atoms with Gasteiger partial charge in [0, 0.05) is 5.41 Å². The second kappa shape index (κ2) is 3.72. The van der Waals surface area contributed by atoms with Gasteiger partial charge in [0.25, 0.3) is 0 Å². The summed E-state index contributed by atoms with van der Waals surface area (Å²) < 4.78 is 10.8. The van der Waals surface area contributed by atoms with Crippen molar-refractivity contribution in [3.05, 3.63) is 0 Å². The fraction of sp³-hybridized carbons (Fsp3) is 0.857. The molecule has 18 heavy (non-hydrogen) atoms. The predicted molar refractivity (Wildman–Crippen MR) is 67.9 cm³/mol. The minimum absolute atomic E-state index is 0.508. The van der Waals surface area contributed by atoms with Crippen molar-refractivity contribution in [1.29, 1.82) is 0 Å². The third-order valence-electron chi connectivity index (χ3n) is 4.32. The summed E-state index contributed by atoms with van der Waals surface area (Å²) >= 11 is 0. The van der Waals surface area contributed by atoms with Crippen LogP contribution in [0, 0.1) is 10.8 Å². The highest BCUT2D eigenvalue weighted by atomic mass is 16.6. The van der Waals surface area contributed by atoms with E-state index in [9.17, 15) is 9.59 Å². The molecular weight excluding hydrogens is 232 g/mol. The van der Waals surface area contributed by atoms with Gasteiger partial charge in [0.1, 0.15) is 11.2 Å². The Bertz CT molecular complexity index is 387. The summed E-state index contributed by atoms with van der Waals surface area (Å²) in [6.07, 6.45) is 0. The Morgan fingerprint density at radius 2 is 1.56 bits per heavy atom. The fourth-order valence-electron chi connectivity index (χ4n) is 2.04. The Hall–Kier alpha value is -1.06. The van der Waals surface area contributed by atoms with Crippen LogP contribution in [-0.2, 0) is 19.1 Å². The van der Waals surface area contributed by atoms with Crippen molar-refractivity contribution < 1.29 is 19.1 Å². The summed E-state index contributed by atoms with van der Waals surface area (Å²) in [6.45, 7) is 14.3. The highest BCUT2D eigenvalue weighted by molar-refractivity contribution is 6.02. The number of rotatable bonds is 1. The highest BCUT2D eigenvalue weighted by Crippen LogP contribution is 2.56. The van der Waals surface area contributed by atoms with E-state index < -0.39 is 34.0 Å². The van der Waals surface area contributed by atoms with Crippen LogP contribution in [0.25, 0.3) is 0 Å². The second-order valence-corrected chi connectivity index (χ2v) is 7.15. The molecule has 0 radical (unpaired) electrons. The first-order valence-electron chi connectivity index (χ1n) is 6.22. The largest absolute Gasteiger partial charge is 0.459 e. The van der Waals surface area contributed by atoms with Crippen LogP contribution in [0.15, 0.2) is 0 Å². The molecule has 1 aliphatic heterocycles. The van der Waals surface area contributed by atoms with Crippen LogP contribution in [-0.4, -0.2) is 23.1 Å². The first-order chi connectivity index (χ1) is 7.76. The van der Waals surface area contributed by atoms with Crippen molar-refractivity contribution in [1.82, 2.24) is 0 Å². The molecule has 4 heteroatoms. The molecule has 0 aromatic rings. The molecule has 0 saturated carbocycles. The van der Waals surface area contributed by atoms with Gasteiger partial charge >= 0.3 is 11.9 Å². The zero-order chi connectivity index (χ0) is 14.6. The van der Waals surface area contributed by atoms with Crippen LogP contribution in [0.1, 0.15) is 55.4 Å². The Kier molecular flexibility index (Phi) is 3.10. The van der Waals surface area contributed by atoms with Gasteiger partial charge in [0.2, 0.25) is 0 Å². The van der Waals surface area contributed by atoms with Crippen LogP contribution in [0.5, 0.6) is 0 Å². The summed E-state index contributed by atoms with van der Waals surface area (Å²) in [6, 6.07) is 0. The van der Waals surface area contributed by atoms with Gasteiger partial charge in [-0.25, -0.2) is 0 Å². The smallest absolute Gasteiger partial charge is 0.324 e. The lowest BCUT2D eigenvalue weighted by atomic mass is 9.61. The number of ether oxygens (including phenoxy) is 2. The third kappa shape index (κ3) is 1.91. The van der Waals surface area contributed by atoms with Crippen LogP contribution >= 0.6 is 0 Å². The maximum Gasteiger partial charge on any atom is 0.324 e. The van der Waals surface area contributed by atoms with Gasteiger partial charge in [0.15, 0.2) is 5.41 Å². The summed E-state index contributed by atoms with van der Waals surface area (Å²) in [5.41, 5.74) is -3.23. The number of hydrogen-bond donors (Lipinski definition) is 0. The van der Waals surface area contributed by atoms with Crippen LogP contribution in [0.3, 0.4) is 0 Å². The van der Waals surface area contributed by atoms with Gasteiger partial charge < -0.3 is 9.47 Å². The molecule has 0 N–H and O–H groups in total. The molecule has 104 valence electrons. The molecule has 0 aromatic carbocycles. The first kappa shape index (κ1) is 15.0. The van der Waals surface area contributed by atoms with Gasteiger partial charge in [-0.15, -0.1) is 0 Å². The molecule has 0 spiro atoms. The molecule has 1 unspecified atom stereocenters. The van der Waals surface area contributed by atoms with Crippen molar-refractivity contribution in [2.45, 2.75) is 66.6 Å². The van der Waals surface area contributed by atoms with Crippen LogP contribution in [0.2, 0.25) is 0 Å². The maximum atomic E-state index is 12.4. The first-order valence-corrected chi connectivity index (χ1v) is 6.22. The molecule has 0 aromatic heterocycles. The van der Waals surface area contributed by atoms with E-state index in [0.717, 1.165) is 0 Å². The lowest BCUT2D eigenvalue weighted by Crippen LogP contribution is -2.51. The normalized spacial score (nSPS) is 29.9. The van der Waals surface area contributed by atoms with Crippen molar-refractivity contribution in [3.8, 4) is 0 Å². The Labute approximate surface area is 109 Å². The van der Waals surface area contributed by atoms with Gasteiger partial charge in [0.05, 0.1) is 0 Å². The molecule has 0 amide bonds. The Balaban J connectivity index is 3.20. The van der Waals surface area contributed by atoms with E-state index in [1.165, 1.54) is 0 Å². The van der Waals surface area contributed by atoms with E-state index in [0.29, 0.717) is 0 Å².